The van der Waals surface area contributed by atoms with Crippen LogP contribution in [0.5, 0.6) is 5.75 Å². The lowest BCUT2D eigenvalue weighted by molar-refractivity contribution is 0.180. The molecule has 112 valence electrons. The zero-order valence-electron chi connectivity index (χ0n) is 12.6. The maximum atomic E-state index is 5.47. The lowest BCUT2D eigenvalue weighted by Gasteiger charge is -2.12. The Kier molecular flexibility index (Phi) is 4.10. The van der Waals surface area contributed by atoms with Crippen LogP contribution in [-0.2, 0) is 17.8 Å². The van der Waals surface area contributed by atoms with Crippen LogP contribution in [0.25, 0.3) is 5.69 Å². The van der Waals surface area contributed by atoms with Crippen molar-refractivity contribution in [1.82, 2.24) is 9.78 Å². The summed E-state index contributed by atoms with van der Waals surface area (Å²) in [6, 6.07) is 7.94. The van der Waals surface area contributed by atoms with Gasteiger partial charge in [0, 0.05) is 19.2 Å². The van der Waals surface area contributed by atoms with Gasteiger partial charge in [0.05, 0.1) is 19.4 Å². The molecule has 0 aliphatic carbocycles. The summed E-state index contributed by atoms with van der Waals surface area (Å²) in [6.45, 7) is 1.51. The minimum Gasteiger partial charge on any atom is -0.494 e. The fraction of sp³-hybridized carbons (Fsp3) is 0.438. The summed E-state index contributed by atoms with van der Waals surface area (Å²) in [6.07, 6.45) is 3.39. The Hall–Kier alpha value is -2.01. The molecule has 0 saturated heterocycles. The van der Waals surface area contributed by atoms with E-state index in [1.807, 2.05) is 28.9 Å². The molecule has 1 aliphatic heterocycles. The Morgan fingerprint density at radius 1 is 1.24 bits per heavy atom. The highest BCUT2D eigenvalue weighted by molar-refractivity contribution is 5.57. The van der Waals surface area contributed by atoms with Crippen LogP contribution in [0.3, 0.4) is 0 Å². The van der Waals surface area contributed by atoms with E-state index in [4.69, 9.17) is 14.6 Å². The third-order valence-electron chi connectivity index (χ3n) is 3.81. The molecule has 0 unspecified atom stereocenters. The predicted molar refractivity (Wildman–Crippen MR) is 82.3 cm³/mol. The van der Waals surface area contributed by atoms with E-state index in [0.717, 1.165) is 35.9 Å². The van der Waals surface area contributed by atoms with Crippen LogP contribution in [0.2, 0.25) is 0 Å². The number of ether oxygens (including phenoxy) is 2. The van der Waals surface area contributed by atoms with Gasteiger partial charge >= 0.3 is 0 Å². The summed E-state index contributed by atoms with van der Waals surface area (Å²) in [5.41, 5.74) is 3.22. The molecule has 5 nitrogen and oxygen atoms in total. The number of methoxy groups -OCH3 is 2. The van der Waals surface area contributed by atoms with E-state index in [0.29, 0.717) is 6.61 Å². The highest BCUT2D eigenvalue weighted by Gasteiger charge is 2.21. The van der Waals surface area contributed by atoms with Crippen LogP contribution in [0.4, 0.5) is 5.82 Å². The van der Waals surface area contributed by atoms with Crippen molar-refractivity contribution in [3.63, 3.8) is 0 Å². The van der Waals surface area contributed by atoms with Gasteiger partial charge in [-0.2, -0.15) is 5.10 Å². The predicted octanol–water partition coefficient (Wildman–Crippen LogP) is 2.78. The molecule has 5 heteroatoms. The van der Waals surface area contributed by atoms with Gasteiger partial charge in [0.2, 0.25) is 0 Å². The third-order valence-corrected chi connectivity index (χ3v) is 3.81. The van der Waals surface area contributed by atoms with Gasteiger partial charge in [-0.05, 0) is 31.4 Å². The monoisotopic (exact) mass is 287 g/mol. The lowest BCUT2D eigenvalue weighted by atomic mass is 10.1. The molecular weight excluding hydrogens is 266 g/mol. The molecule has 0 bridgehead atoms. The van der Waals surface area contributed by atoms with Gasteiger partial charge in [-0.15, -0.1) is 0 Å². The number of aromatic nitrogens is 2. The second kappa shape index (κ2) is 6.18. The van der Waals surface area contributed by atoms with Crippen LogP contribution >= 0.6 is 0 Å². The summed E-state index contributed by atoms with van der Waals surface area (Å²) in [4.78, 5) is 0. The fourth-order valence-corrected chi connectivity index (χ4v) is 2.81. The van der Waals surface area contributed by atoms with Crippen LogP contribution in [0.15, 0.2) is 24.3 Å². The van der Waals surface area contributed by atoms with Crippen LogP contribution < -0.4 is 10.1 Å². The normalized spacial score (nSPS) is 14.2. The number of fused-ring (bicyclic) bond motifs is 1. The summed E-state index contributed by atoms with van der Waals surface area (Å²) in [7, 11) is 3.39. The minimum absolute atomic E-state index is 0.534. The minimum atomic E-state index is 0.534. The molecule has 0 fully saturated rings. The Morgan fingerprint density at radius 3 is 2.90 bits per heavy atom. The van der Waals surface area contributed by atoms with E-state index in [1.165, 1.54) is 18.4 Å². The van der Waals surface area contributed by atoms with E-state index >= 15 is 0 Å². The first kappa shape index (κ1) is 13.9. The quantitative estimate of drug-likeness (QED) is 0.939. The second-order valence-electron chi connectivity index (χ2n) is 5.17. The number of nitrogens with one attached hydrogen (secondary N) is 1. The Bertz CT molecular complexity index is 622. The first-order valence-electron chi connectivity index (χ1n) is 7.32. The smallest absolute Gasteiger partial charge is 0.144 e. The van der Waals surface area contributed by atoms with Crippen molar-refractivity contribution in [3.05, 3.63) is 35.5 Å². The number of hydrogen-bond acceptors (Lipinski definition) is 4. The van der Waals surface area contributed by atoms with Gasteiger partial charge in [0.15, 0.2) is 0 Å². The highest BCUT2D eigenvalue weighted by atomic mass is 16.5. The summed E-state index contributed by atoms with van der Waals surface area (Å²) >= 11 is 0. The van der Waals surface area contributed by atoms with Gasteiger partial charge in [0.1, 0.15) is 17.3 Å². The maximum Gasteiger partial charge on any atom is 0.144 e. The van der Waals surface area contributed by atoms with Gasteiger partial charge < -0.3 is 14.8 Å². The molecule has 0 amide bonds. The number of anilines is 1. The number of rotatable bonds is 4. The second-order valence-corrected chi connectivity index (χ2v) is 5.17. The van der Waals surface area contributed by atoms with Crippen molar-refractivity contribution >= 4 is 5.82 Å². The molecule has 1 N–H and O–H groups in total. The van der Waals surface area contributed by atoms with Gasteiger partial charge in [-0.25, -0.2) is 4.68 Å². The molecule has 0 saturated carbocycles. The number of hydrogen-bond donors (Lipinski definition) is 1. The summed E-state index contributed by atoms with van der Waals surface area (Å²) in [5.74, 6) is 1.89. The topological polar surface area (TPSA) is 48.3 Å². The number of para-hydroxylation sites is 2. The van der Waals surface area contributed by atoms with E-state index in [-0.39, 0.29) is 0 Å². The molecule has 1 aromatic carbocycles. The maximum absolute atomic E-state index is 5.47. The zero-order valence-corrected chi connectivity index (χ0v) is 12.6. The SMILES string of the molecule is COCc1nn(-c2ccccc2OC)c2c1CCCCN2. The summed E-state index contributed by atoms with van der Waals surface area (Å²) in [5, 5.41) is 8.26. The average Bonchev–Trinajstić information content (AvgIpc) is 2.71. The van der Waals surface area contributed by atoms with E-state index in [2.05, 4.69) is 5.32 Å². The number of nitrogens with zero attached hydrogens (tertiary/aromatic N) is 2. The standard InChI is InChI=1S/C16H21N3O2/c1-20-11-13-12-7-5-6-10-17-16(12)19(18-13)14-8-3-4-9-15(14)21-2/h3-4,8-9,17H,5-7,10-11H2,1-2H3. The Labute approximate surface area is 124 Å². The zero-order chi connectivity index (χ0) is 14.7. The lowest BCUT2D eigenvalue weighted by Crippen LogP contribution is -2.08. The van der Waals surface area contributed by atoms with Crippen molar-refractivity contribution in [2.24, 2.45) is 0 Å². The molecule has 0 atom stereocenters. The van der Waals surface area contributed by atoms with E-state index in [1.54, 1.807) is 14.2 Å². The molecule has 21 heavy (non-hydrogen) atoms. The molecule has 3 rings (SSSR count). The van der Waals surface area contributed by atoms with Gasteiger partial charge in [-0.1, -0.05) is 12.1 Å². The summed E-state index contributed by atoms with van der Waals surface area (Å²) < 4.78 is 12.7. The fourth-order valence-electron chi connectivity index (χ4n) is 2.81. The third kappa shape index (κ3) is 2.61. The van der Waals surface area contributed by atoms with Crippen molar-refractivity contribution < 1.29 is 9.47 Å². The van der Waals surface area contributed by atoms with Crippen LogP contribution in [0, 0.1) is 0 Å². The van der Waals surface area contributed by atoms with E-state index in [9.17, 15) is 0 Å². The van der Waals surface area contributed by atoms with Crippen molar-refractivity contribution in [2.45, 2.75) is 25.9 Å². The molecular formula is C16H21N3O2. The molecule has 2 heterocycles. The van der Waals surface area contributed by atoms with Crippen LogP contribution in [0.1, 0.15) is 24.1 Å². The van der Waals surface area contributed by atoms with Crippen molar-refractivity contribution in [3.8, 4) is 11.4 Å². The van der Waals surface area contributed by atoms with Gasteiger partial charge in [-0.3, -0.25) is 0 Å². The first-order valence-corrected chi connectivity index (χ1v) is 7.32. The molecule has 2 aromatic rings. The first-order chi connectivity index (χ1) is 10.3. The molecule has 1 aliphatic rings. The van der Waals surface area contributed by atoms with Crippen LogP contribution in [-0.4, -0.2) is 30.5 Å². The molecule has 0 spiro atoms. The molecule has 1 aromatic heterocycles. The average molecular weight is 287 g/mol. The largest absolute Gasteiger partial charge is 0.494 e. The Balaban J connectivity index is 2.13. The van der Waals surface area contributed by atoms with Crippen molar-refractivity contribution in [2.75, 3.05) is 26.1 Å². The van der Waals surface area contributed by atoms with E-state index < -0.39 is 0 Å². The van der Waals surface area contributed by atoms with Gasteiger partial charge in [0.25, 0.3) is 0 Å². The Morgan fingerprint density at radius 2 is 2.10 bits per heavy atom. The van der Waals surface area contributed by atoms with Crippen molar-refractivity contribution in [1.29, 1.82) is 0 Å². The highest BCUT2D eigenvalue weighted by Crippen LogP contribution is 2.31. The number of benzene rings is 1. The molecule has 0 radical (unpaired) electrons.